The van der Waals surface area contributed by atoms with Crippen LogP contribution >= 0.6 is 0 Å². The highest BCUT2D eigenvalue weighted by Crippen LogP contribution is 2.23. The third-order valence-electron chi connectivity index (χ3n) is 2.72. The molecule has 1 aromatic carbocycles. The summed E-state index contributed by atoms with van der Waals surface area (Å²) in [5.74, 6) is -0.963. The molecule has 0 aliphatic carbocycles. The monoisotopic (exact) mass is 239 g/mol. The van der Waals surface area contributed by atoms with Crippen LogP contribution in [0.15, 0.2) is 42.7 Å². The molecule has 0 unspecified atom stereocenters. The molecule has 18 heavy (non-hydrogen) atoms. The maximum Gasteiger partial charge on any atom is 0.336 e. The number of benzene rings is 1. The smallest absolute Gasteiger partial charge is 0.336 e. The first-order chi connectivity index (χ1) is 8.75. The van der Waals surface area contributed by atoms with Gasteiger partial charge in [0, 0.05) is 5.56 Å². The normalized spacial score (nSPS) is 10.7. The van der Waals surface area contributed by atoms with Crippen LogP contribution in [0.2, 0.25) is 0 Å². The summed E-state index contributed by atoms with van der Waals surface area (Å²) in [6.45, 7) is 0. The summed E-state index contributed by atoms with van der Waals surface area (Å²) in [5.41, 5.74) is 2.83. The number of imidazole rings is 1. The van der Waals surface area contributed by atoms with Gasteiger partial charge in [0.05, 0.1) is 23.1 Å². The number of aromatic amines is 1. The Balaban J connectivity index is 2.22. The van der Waals surface area contributed by atoms with Crippen molar-refractivity contribution in [3.63, 3.8) is 0 Å². The van der Waals surface area contributed by atoms with Crippen LogP contribution in [-0.4, -0.2) is 26.0 Å². The molecule has 5 nitrogen and oxygen atoms in total. The third kappa shape index (κ3) is 1.62. The number of nitrogens with one attached hydrogen (secondary N) is 1. The van der Waals surface area contributed by atoms with Crippen LogP contribution < -0.4 is 0 Å². The number of carbonyl (C=O) groups is 1. The lowest BCUT2D eigenvalue weighted by Crippen LogP contribution is -1.99. The molecule has 0 bridgehead atoms. The molecule has 2 aromatic heterocycles. The van der Waals surface area contributed by atoms with Gasteiger partial charge in [-0.05, 0) is 18.2 Å². The second-order valence-corrected chi connectivity index (χ2v) is 3.82. The topological polar surface area (TPSA) is 78.9 Å². The maximum atomic E-state index is 11.2. The molecular weight excluding hydrogens is 230 g/mol. The lowest BCUT2D eigenvalue weighted by molar-refractivity contribution is 0.0697. The summed E-state index contributed by atoms with van der Waals surface area (Å²) in [6.07, 6.45) is 1.56. The first-order valence-corrected chi connectivity index (χ1v) is 5.38. The van der Waals surface area contributed by atoms with E-state index in [0.29, 0.717) is 16.9 Å². The fraction of sp³-hybridized carbons (Fsp3) is 0. The average molecular weight is 239 g/mol. The number of aromatic carboxylic acids is 1. The molecule has 0 fully saturated rings. The molecule has 2 heterocycles. The van der Waals surface area contributed by atoms with E-state index < -0.39 is 5.97 Å². The predicted octanol–water partition coefficient (Wildman–Crippen LogP) is 2.32. The van der Waals surface area contributed by atoms with Crippen molar-refractivity contribution in [3.8, 4) is 11.3 Å². The van der Waals surface area contributed by atoms with Gasteiger partial charge in [0.1, 0.15) is 0 Å². The third-order valence-corrected chi connectivity index (χ3v) is 2.72. The number of fused-ring (bicyclic) bond motifs is 1. The van der Waals surface area contributed by atoms with E-state index in [4.69, 9.17) is 5.11 Å². The fourth-order valence-electron chi connectivity index (χ4n) is 1.87. The fourth-order valence-corrected chi connectivity index (χ4v) is 1.87. The number of carboxylic acid groups (broad SMARTS) is 1. The van der Waals surface area contributed by atoms with Crippen LogP contribution in [0.1, 0.15) is 10.4 Å². The van der Waals surface area contributed by atoms with E-state index >= 15 is 0 Å². The minimum Gasteiger partial charge on any atom is -0.478 e. The summed E-state index contributed by atoms with van der Waals surface area (Å²) < 4.78 is 0. The Labute approximate surface area is 102 Å². The molecule has 0 amide bonds. The minimum absolute atomic E-state index is 0.236. The Morgan fingerprint density at radius 2 is 2.00 bits per heavy atom. The van der Waals surface area contributed by atoms with Crippen molar-refractivity contribution in [1.82, 2.24) is 15.0 Å². The molecule has 3 rings (SSSR count). The summed E-state index contributed by atoms with van der Waals surface area (Å²) >= 11 is 0. The van der Waals surface area contributed by atoms with Crippen molar-refractivity contribution in [1.29, 1.82) is 0 Å². The molecular formula is C13H9N3O2. The highest BCUT2D eigenvalue weighted by molar-refractivity contribution is 5.95. The highest BCUT2D eigenvalue weighted by Gasteiger charge is 2.12. The highest BCUT2D eigenvalue weighted by atomic mass is 16.4. The largest absolute Gasteiger partial charge is 0.478 e. The van der Waals surface area contributed by atoms with E-state index in [1.54, 1.807) is 36.7 Å². The van der Waals surface area contributed by atoms with Gasteiger partial charge >= 0.3 is 5.97 Å². The lowest BCUT2D eigenvalue weighted by Gasteiger charge is -2.04. The molecule has 0 saturated heterocycles. The molecule has 0 aliphatic rings. The van der Waals surface area contributed by atoms with Gasteiger partial charge in [0.2, 0.25) is 0 Å². The number of hydrogen-bond acceptors (Lipinski definition) is 3. The van der Waals surface area contributed by atoms with Crippen LogP contribution in [0.5, 0.6) is 0 Å². The van der Waals surface area contributed by atoms with Crippen molar-refractivity contribution < 1.29 is 9.90 Å². The number of carboxylic acids is 1. The Morgan fingerprint density at radius 3 is 2.83 bits per heavy atom. The first-order valence-electron chi connectivity index (χ1n) is 5.38. The van der Waals surface area contributed by atoms with E-state index in [1.807, 2.05) is 6.07 Å². The van der Waals surface area contributed by atoms with E-state index in [-0.39, 0.29) is 5.56 Å². The second kappa shape index (κ2) is 3.96. The van der Waals surface area contributed by atoms with Crippen molar-refractivity contribution >= 4 is 17.1 Å². The summed E-state index contributed by atoms with van der Waals surface area (Å²) in [6, 6.07) is 10.4. The molecule has 5 heteroatoms. The number of rotatable bonds is 2. The molecule has 0 spiro atoms. The zero-order valence-electron chi connectivity index (χ0n) is 9.29. The van der Waals surface area contributed by atoms with Crippen LogP contribution in [0.4, 0.5) is 0 Å². The minimum atomic E-state index is -0.963. The number of H-pyrrole nitrogens is 1. The van der Waals surface area contributed by atoms with E-state index in [1.165, 1.54) is 0 Å². The van der Waals surface area contributed by atoms with Crippen molar-refractivity contribution in [2.75, 3.05) is 0 Å². The molecule has 0 saturated carbocycles. The number of aromatic nitrogens is 3. The van der Waals surface area contributed by atoms with Gasteiger partial charge in [-0.2, -0.15) is 0 Å². The summed E-state index contributed by atoms with van der Waals surface area (Å²) in [4.78, 5) is 22.5. The van der Waals surface area contributed by atoms with Gasteiger partial charge < -0.3 is 10.1 Å². The van der Waals surface area contributed by atoms with E-state index in [2.05, 4.69) is 15.0 Å². The second-order valence-electron chi connectivity index (χ2n) is 3.82. The average Bonchev–Trinajstić information content (AvgIpc) is 2.85. The maximum absolute atomic E-state index is 11.2. The Morgan fingerprint density at radius 1 is 1.17 bits per heavy atom. The quantitative estimate of drug-likeness (QED) is 0.719. The molecule has 2 N–H and O–H groups in total. The van der Waals surface area contributed by atoms with Gasteiger partial charge in [-0.15, -0.1) is 0 Å². The lowest BCUT2D eigenvalue weighted by atomic mass is 10.0. The molecule has 0 aliphatic heterocycles. The SMILES string of the molecule is O=C(O)c1ccccc1-c1ccc2[nH]cnc2n1. The van der Waals surface area contributed by atoms with Gasteiger partial charge in [-0.3, -0.25) is 0 Å². The Bertz CT molecular complexity index is 734. The molecule has 0 atom stereocenters. The van der Waals surface area contributed by atoms with Gasteiger partial charge in [0.15, 0.2) is 5.65 Å². The van der Waals surface area contributed by atoms with Crippen LogP contribution in [-0.2, 0) is 0 Å². The number of hydrogen-bond donors (Lipinski definition) is 2. The Hall–Kier alpha value is -2.69. The number of pyridine rings is 1. The van der Waals surface area contributed by atoms with Crippen molar-refractivity contribution in [3.05, 3.63) is 48.3 Å². The van der Waals surface area contributed by atoms with Crippen molar-refractivity contribution in [2.24, 2.45) is 0 Å². The van der Waals surface area contributed by atoms with Crippen LogP contribution in [0.25, 0.3) is 22.4 Å². The first kappa shape index (κ1) is 10.5. The standard InChI is InChI=1S/C13H9N3O2/c17-13(18)9-4-2-1-3-8(9)10-5-6-11-12(16-10)15-7-14-11/h1-7H,(H,17,18)(H,14,15,16). The van der Waals surface area contributed by atoms with E-state index in [9.17, 15) is 4.79 Å². The zero-order valence-corrected chi connectivity index (χ0v) is 9.29. The zero-order chi connectivity index (χ0) is 12.5. The molecule has 88 valence electrons. The number of nitrogens with zero attached hydrogens (tertiary/aromatic N) is 2. The van der Waals surface area contributed by atoms with Crippen LogP contribution in [0, 0.1) is 0 Å². The van der Waals surface area contributed by atoms with Gasteiger partial charge in [-0.1, -0.05) is 18.2 Å². The summed E-state index contributed by atoms with van der Waals surface area (Å²) in [7, 11) is 0. The van der Waals surface area contributed by atoms with Gasteiger partial charge in [0.25, 0.3) is 0 Å². The van der Waals surface area contributed by atoms with Gasteiger partial charge in [-0.25, -0.2) is 14.8 Å². The molecule has 0 radical (unpaired) electrons. The molecule has 3 aromatic rings. The van der Waals surface area contributed by atoms with E-state index in [0.717, 1.165) is 5.52 Å². The Kier molecular flexibility index (Phi) is 2.30. The van der Waals surface area contributed by atoms with Crippen molar-refractivity contribution in [2.45, 2.75) is 0 Å². The summed E-state index contributed by atoms with van der Waals surface area (Å²) in [5, 5.41) is 9.15. The predicted molar refractivity (Wildman–Crippen MR) is 66.3 cm³/mol. The van der Waals surface area contributed by atoms with Crippen LogP contribution in [0.3, 0.4) is 0 Å².